The van der Waals surface area contributed by atoms with E-state index in [0.717, 1.165) is 26.4 Å². The van der Waals surface area contributed by atoms with E-state index in [0.29, 0.717) is 0 Å². The molecular formula is C18H15BrClN. The first kappa shape index (κ1) is 14.4. The summed E-state index contributed by atoms with van der Waals surface area (Å²) in [6.07, 6.45) is 2.15. The average Bonchev–Trinajstić information content (AvgIpc) is 2.77. The van der Waals surface area contributed by atoms with Gasteiger partial charge in [-0.15, -0.1) is 0 Å². The smallest absolute Gasteiger partial charge is 0.0673 e. The molecule has 2 aromatic carbocycles. The van der Waals surface area contributed by atoms with E-state index in [2.05, 4.69) is 64.8 Å². The molecule has 0 saturated carbocycles. The Hall–Kier alpha value is -1.51. The predicted octanol–water partition coefficient (Wildman–Crippen LogP) is 6.18. The zero-order valence-corrected chi connectivity index (χ0v) is 14.2. The highest BCUT2D eigenvalue weighted by Crippen LogP contribution is 2.35. The second kappa shape index (κ2) is 5.70. The molecule has 0 saturated heterocycles. The van der Waals surface area contributed by atoms with Crippen molar-refractivity contribution in [2.45, 2.75) is 13.8 Å². The second-order valence-corrected chi connectivity index (χ2v) is 6.42. The minimum atomic E-state index is 0.750. The maximum absolute atomic E-state index is 6.00. The van der Waals surface area contributed by atoms with Gasteiger partial charge in [-0.2, -0.15) is 0 Å². The molecule has 1 heterocycles. The summed E-state index contributed by atoms with van der Waals surface area (Å²) < 4.78 is 3.33. The molecule has 1 nitrogen and oxygen atoms in total. The molecule has 3 rings (SSSR count). The molecule has 0 unspecified atom stereocenters. The molecule has 0 fully saturated rings. The largest absolute Gasteiger partial charge is 0.315 e. The first-order valence-corrected chi connectivity index (χ1v) is 7.94. The van der Waals surface area contributed by atoms with E-state index in [4.69, 9.17) is 11.6 Å². The fourth-order valence-electron chi connectivity index (χ4n) is 2.39. The lowest BCUT2D eigenvalue weighted by Gasteiger charge is -2.11. The molecule has 0 atom stereocenters. The molecule has 0 aliphatic carbocycles. The fourth-order valence-corrected chi connectivity index (χ4v) is 3.04. The van der Waals surface area contributed by atoms with Gasteiger partial charge in [-0.3, -0.25) is 0 Å². The van der Waals surface area contributed by atoms with Crippen LogP contribution in [-0.4, -0.2) is 4.57 Å². The van der Waals surface area contributed by atoms with E-state index in [1.54, 1.807) is 0 Å². The van der Waals surface area contributed by atoms with Crippen LogP contribution in [0.4, 0.5) is 0 Å². The van der Waals surface area contributed by atoms with Crippen LogP contribution in [0.2, 0.25) is 5.02 Å². The highest BCUT2D eigenvalue weighted by molar-refractivity contribution is 9.10. The van der Waals surface area contributed by atoms with E-state index >= 15 is 0 Å². The lowest BCUT2D eigenvalue weighted by molar-refractivity contribution is 1.08. The van der Waals surface area contributed by atoms with Gasteiger partial charge in [-0.25, -0.2) is 0 Å². The van der Waals surface area contributed by atoms with E-state index in [-0.39, 0.29) is 0 Å². The average molecular weight is 361 g/mol. The van der Waals surface area contributed by atoms with Crippen molar-refractivity contribution in [2.75, 3.05) is 0 Å². The molecule has 0 amide bonds. The molecule has 0 spiro atoms. The second-order valence-electron chi connectivity index (χ2n) is 5.19. The summed E-state index contributed by atoms with van der Waals surface area (Å²) in [6.45, 7) is 4.20. The van der Waals surface area contributed by atoms with Crippen molar-refractivity contribution >= 4 is 27.5 Å². The van der Waals surface area contributed by atoms with Gasteiger partial charge in [-0.1, -0.05) is 41.4 Å². The molecule has 0 bridgehead atoms. The monoisotopic (exact) mass is 359 g/mol. The molecule has 21 heavy (non-hydrogen) atoms. The van der Waals surface area contributed by atoms with Gasteiger partial charge in [0.15, 0.2) is 0 Å². The number of nitrogens with zero attached hydrogens (tertiary/aromatic N) is 1. The topological polar surface area (TPSA) is 4.93 Å². The molecule has 3 aromatic rings. The van der Waals surface area contributed by atoms with Gasteiger partial charge >= 0.3 is 0 Å². The van der Waals surface area contributed by atoms with Gasteiger partial charge < -0.3 is 4.57 Å². The molecule has 0 radical (unpaired) electrons. The predicted molar refractivity (Wildman–Crippen MR) is 93.4 cm³/mol. The number of rotatable bonds is 2. The SMILES string of the molecule is Cc1ccc(-n2cc(C)c(Br)c2-c2ccc(Cl)cc2)cc1. The third-order valence-electron chi connectivity index (χ3n) is 3.55. The number of aromatic nitrogens is 1. The number of hydrogen-bond donors (Lipinski definition) is 0. The van der Waals surface area contributed by atoms with Gasteiger partial charge in [0.05, 0.1) is 5.69 Å². The van der Waals surface area contributed by atoms with E-state index < -0.39 is 0 Å². The van der Waals surface area contributed by atoms with Crippen molar-refractivity contribution < 1.29 is 0 Å². The van der Waals surface area contributed by atoms with Crippen LogP contribution >= 0.6 is 27.5 Å². The number of benzene rings is 2. The van der Waals surface area contributed by atoms with Crippen LogP contribution in [-0.2, 0) is 0 Å². The molecule has 0 aliphatic heterocycles. The maximum Gasteiger partial charge on any atom is 0.0673 e. The van der Waals surface area contributed by atoms with Crippen LogP contribution in [0.5, 0.6) is 0 Å². The highest BCUT2D eigenvalue weighted by Gasteiger charge is 2.14. The van der Waals surface area contributed by atoms with Crippen LogP contribution in [0.25, 0.3) is 16.9 Å². The van der Waals surface area contributed by atoms with Crippen LogP contribution in [0.1, 0.15) is 11.1 Å². The lowest BCUT2D eigenvalue weighted by Crippen LogP contribution is -1.95. The first-order chi connectivity index (χ1) is 10.1. The van der Waals surface area contributed by atoms with Crippen LogP contribution in [0.3, 0.4) is 0 Å². The molecule has 3 heteroatoms. The maximum atomic E-state index is 6.00. The van der Waals surface area contributed by atoms with Gasteiger partial charge in [0.1, 0.15) is 0 Å². The number of hydrogen-bond acceptors (Lipinski definition) is 0. The molecule has 0 N–H and O–H groups in total. The van der Waals surface area contributed by atoms with Crippen molar-refractivity contribution in [2.24, 2.45) is 0 Å². The summed E-state index contributed by atoms with van der Waals surface area (Å²) in [5, 5.41) is 0.750. The third-order valence-corrected chi connectivity index (χ3v) is 4.80. The molecule has 1 aromatic heterocycles. The summed E-state index contributed by atoms with van der Waals surface area (Å²) in [6, 6.07) is 16.5. The minimum Gasteiger partial charge on any atom is -0.315 e. The Morgan fingerprint density at radius 2 is 1.52 bits per heavy atom. The van der Waals surface area contributed by atoms with Crippen molar-refractivity contribution in [3.8, 4) is 16.9 Å². The Balaban J connectivity index is 2.20. The molecule has 106 valence electrons. The van der Waals surface area contributed by atoms with E-state index in [9.17, 15) is 0 Å². The van der Waals surface area contributed by atoms with Gasteiger partial charge in [0.25, 0.3) is 0 Å². The Labute approximate surface area is 138 Å². The van der Waals surface area contributed by atoms with Crippen molar-refractivity contribution in [3.63, 3.8) is 0 Å². The quantitative estimate of drug-likeness (QED) is 0.514. The fraction of sp³-hybridized carbons (Fsp3) is 0.111. The van der Waals surface area contributed by atoms with Crippen LogP contribution < -0.4 is 0 Å². The Bertz CT molecular complexity index is 770. The summed E-state index contributed by atoms with van der Waals surface area (Å²) in [4.78, 5) is 0. The van der Waals surface area contributed by atoms with Crippen molar-refractivity contribution in [3.05, 3.63) is 75.4 Å². The Morgan fingerprint density at radius 3 is 2.14 bits per heavy atom. The normalized spacial score (nSPS) is 10.9. The molecule has 0 aliphatic rings. The zero-order valence-electron chi connectivity index (χ0n) is 11.9. The Morgan fingerprint density at radius 1 is 0.905 bits per heavy atom. The summed E-state index contributed by atoms with van der Waals surface area (Å²) in [7, 11) is 0. The number of aryl methyl sites for hydroxylation is 2. The van der Waals surface area contributed by atoms with Crippen molar-refractivity contribution in [1.82, 2.24) is 4.57 Å². The minimum absolute atomic E-state index is 0.750. The Kier molecular flexibility index (Phi) is 3.92. The van der Waals surface area contributed by atoms with Gasteiger partial charge in [0.2, 0.25) is 0 Å². The highest BCUT2D eigenvalue weighted by atomic mass is 79.9. The van der Waals surface area contributed by atoms with Crippen LogP contribution in [0, 0.1) is 13.8 Å². The first-order valence-electron chi connectivity index (χ1n) is 6.76. The standard InChI is InChI=1S/C18H15BrClN/c1-12-3-9-16(10-4-12)21-11-13(2)17(19)18(21)14-5-7-15(20)8-6-14/h3-11H,1-2H3. The lowest BCUT2D eigenvalue weighted by atomic mass is 10.1. The number of halogens is 2. The van der Waals surface area contributed by atoms with E-state index in [1.807, 2.05) is 24.3 Å². The van der Waals surface area contributed by atoms with Crippen molar-refractivity contribution in [1.29, 1.82) is 0 Å². The summed E-state index contributed by atoms with van der Waals surface area (Å²) in [5.41, 5.74) is 5.91. The zero-order chi connectivity index (χ0) is 15.0. The summed E-state index contributed by atoms with van der Waals surface area (Å²) >= 11 is 9.71. The van der Waals surface area contributed by atoms with E-state index in [1.165, 1.54) is 11.1 Å². The van der Waals surface area contributed by atoms with Gasteiger partial charge in [-0.05, 0) is 65.2 Å². The molecular weight excluding hydrogens is 346 g/mol. The van der Waals surface area contributed by atoms with Gasteiger partial charge in [0, 0.05) is 21.4 Å². The summed E-state index contributed by atoms with van der Waals surface area (Å²) in [5.74, 6) is 0. The third kappa shape index (κ3) is 2.78. The van der Waals surface area contributed by atoms with Crippen LogP contribution in [0.15, 0.2) is 59.2 Å².